The topological polar surface area (TPSA) is 61.4 Å². The zero-order valence-electron chi connectivity index (χ0n) is 14.4. The van der Waals surface area contributed by atoms with E-state index in [-0.39, 0.29) is 0 Å². The Bertz CT molecular complexity index is 799. The van der Waals surface area contributed by atoms with Gasteiger partial charge in [0.2, 0.25) is 0 Å². The molecule has 2 aromatic rings. The van der Waals surface area contributed by atoms with E-state index in [1.165, 1.54) is 18.2 Å². The summed E-state index contributed by atoms with van der Waals surface area (Å²) < 4.78 is 38.1. The van der Waals surface area contributed by atoms with Crippen LogP contribution in [0.1, 0.15) is 5.56 Å². The van der Waals surface area contributed by atoms with E-state index in [1.54, 1.807) is 18.6 Å². The Morgan fingerprint density at radius 2 is 1.67 bits per heavy atom. The number of allylic oxidation sites excluding steroid dienone is 1. The van der Waals surface area contributed by atoms with Crippen LogP contribution in [0.5, 0.6) is 0 Å². The zero-order valence-corrected chi connectivity index (χ0v) is 14.4. The Labute approximate surface area is 154 Å². The number of aromatic nitrogens is 2. The number of piperazine rings is 1. The number of carbonyl (C=O) groups is 1. The van der Waals surface area contributed by atoms with Gasteiger partial charge in [-0.1, -0.05) is 0 Å². The molecule has 1 aromatic carbocycles. The minimum absolute atomic E-state index is 0.532. The third-order valence-corrected chi connectivity index (χ3v) is 4.23. The normalized spacial score (nSPS) is 15.2. The smallest absolute Gasteiger partial charge is 0.374 e. The maximum absolute atomic E-state index is 12.7. The highest BCUT2D eigenvalue weighted by atomic mass is 19.4. The van der Waals surface area contributed by atoms with Gasteiger partial charge < -0.3 is 15.1 Å². The highest BCUT2D eigenvalue weighted by molar-refractivity contribution is 5.74. The van der Waals surface area contributed by atoms with Crippen molar-refractivity contribution in [3.8, 4) is 0 Å². The van der Waals surface area contributed by atoms with Gasteiger partial charge in [0.15, 0.2) is 0 Å². The Balaban J connectivity index is 1.71. The second-order valence-corrected chi connectivity index (χ2v) is 5.99. The van der Waals surface area contributed by atoms with Crippen molar-refractivity contribution >= 4 is 23.3 Å². The second-order valence-electron chi connectivity index (χ2n) is 5.99. The second kappa shape index (κ2) is 8.07. The van der Waals surface area contributed by atoms with E-state index >= 15 is 0 Å². The molecule has 0 bridgehead atoms. The first-order valence-electron chi connectivity index (χ1n) is 8.33. The number of hydrogen-bond acceptors (Lipinski definition) is 6. The zero-order chi connectivity index (χ0) is 19.3. The molecule has 27 heavy (non-hydrogen) atoms. The number of anilines is 3. The molecule has 0 spiro atoms. The van der Waals surface area contributed by atoms with Crippen molar-refractivity contribution in [2.45, 2.75) is 6.18 Å². The number of aldehydes is 1. The first-order chi connectivity index (χ1) is 13.0. The molecule has 1 saturated heterocycles. The monoisotopic (exact) mass is 377 g/mol. The van der Waals surface area contributed by atoms with Gasteiger partial charge in [-0.25, -0.2) is 0 Å². The number of benzene rings is 1. The highest BCUT2D eigenvalue weighted by Crippen LogP contribution is 2.32. The highest BCUT2D eigenvalue weighted by Gasteiger charge is 2.30. The van der Waals surface area contributed by atoms with Crippen molar-refractivity contribution in [1.82, 2.24) is 15.1 Å². The van der Waals surface area contributed by atoms with Crippen molar-refractivity contribution in [2.24, 2.45) is 0 Å². The summed E-state index contributed by atoms with van der Waals surface area (Å²) in [6.07, 6.45) is 2.78. The molecule has 3 rings (SSSR count). The van der Waals surface area contributed by atoms with Gasteiger partial charge in [-0.05, 0) is 30.3 Å². The van der Waals surface area contributed by atoms with E-state index in [1.807, 2.05) is 4.90 Å². The number of alkyl halides is 3. The van der Waals surface area contributed by atoms with E-state index in [0.717, 1.165) is 50.3 Å². The third kappa shape index (κ3) is 4.75. The molecule has 0 aliphatic carbocycles. The van der Waals surface area contributed by atoms with Crippen molar-refractivity contribution in [3.63, 3.8) is 0 Å². The molecule has 0 amide bonds. The van der Waals surface area contributed by atoms with E-state index < -0.39 is 11.7 Å². The lowest BCUT2D eigenvalue weighted by atomic mass is 10.2. The molecular weight excluding hydrogens is 359 g/mol. The minimum atomic E-state index is -4.36. The van der Waals surface area contributed by atoms with Crippen LogP contribution in [0, 0.1) is 0 Å². The average Bonchev–Trinajstić information content (AvgIpc) is 2.67. The Morgan fingerprint density at radius 1 is 1.00 bits per heavy atom. The largest absolute Gasteiger partial charge is 0.416 e. The standard InChI is InChI=1S/C18H18F3N5O/c19-18(20,21)14-2-4-15(5-3-14)24-16-12-22-23-13-17(16)26-9-7-25(8-10-26)6-1-11-27/h1-6,11-13H,7-10H2,(H,23,24). The van der Waals surface area contributed by atoms with Crippen molar-refractivity contribution in [3.05, 3.63) is 54.5 Å². The van der Waals surface area contributed by atoms with Crippen LogP contribution in [0.4, 0.5) is 30.2 Å². The molecule has 6 nitrogen and oxygen atoms in total. The van der Waals surface area contributed by atoms with Crippen LogP contribution in [0.15, 0.2) is 48.9 Å². The lowest BCUT2D eigenvalue weighted by Gasteiger charge is -2.36. The van der Waals surface area contributed by atoms with Crippen LogP contribution in [0.25, 0.3) is 0 Å². The quantitative estimate of drug-likeness (QED) is 0.638. The number of nitrogens with zero attached hydrogens (tertiary/aromatic N) is 4. The fourth-order valence-electron chi connectivity index (χ4n) is 2.83. The van der Waals surface area contributed by atoms with Crippen LogP contribution in [-0.4, -0.2) is 47.6 Å². The first kappa shape index (κ1) is 18.7. The van der Waals surface area contributed by atoms with Crippen LogP contribution < -0.4 is 10.2 Å². The molecule has 1 fully saturated rings. The van der Waals surface area contributed by atoms with Gasteiger partial charge in [0.1, 0.15) is 6.29 Å². The molecule has 9 heteroatoms. The summed E-state index contributed by atoms with van der Waals surface area (Å²) in [7, 11) is 0. The maximum Gasteiger partial charge on any atom is 0.416 e. The molecule has 142 valence electrons. The number of rotatable bonds is 5. The lowest BCUT2D eigenvalue weighted by Crippen LogP contribution is -2.44. The van der Waals surface area contributed by atoms with Gasteiger partial charge in [-0.3, -0.25) is 4.79 Å². The summed E-state index contributed by atoms with van der Waals surface area (Å²) in [5.74, 6) is 0. The van der Waals surface area contributed by atoms with Crippen LogP contribution in [0.2, 0.25) is 0 Å². The minimum Gasteiger partial charge on any atom is -0.374 e. The summed E-state index contributed by atoms with van der Waals surface area (Å²) in [6.45, 7) is 2.92. The predicted molar refractivity (Wildman–Crippen MR) is 95.7 cm³/mol. The van der Waals surface area contributed by atoms with Crippen molar-refractivity contribution in [1.29, 1.82) is 0 Å². The van der Waals surface area contributed by atoms with E-state index in [4.69, 9.17) is 0 Å². The fraction of sp³-hybridized carbons (Fsp3) is 0.278. The molecule has 0 radical (unpaired) electrons. The number of carbonyl (C=O) groups excluding carboxylic acids is 1. The van der Waals surface area contributed by atoms with Crippen LogP contribution >= 0.6 is 0 Å². The summed E-state index contributed by atoms with van der Waals surface area (Å²) >= 11 is 0. The van der Waals surface area contributed by atoms with Gasteiger partial charge in [-0.15, -0.1) is 0 Å². The lowest BCUT2D eigenvalue weighted by molar-refractivity contribution is -0.137. The summed E-state index contributed by atoms with van der Waals surface area (Å²) in [5.41, 5.74) is 1.33. The number of nitrogens with one attached hydrogen (secondary N) is 1. The van der Waals surface area contributed by atoms with Crippen LogP contribution in [-0.2, 0) is 11.0 Å². The molecular formula is C18H18F3N5O. The molecule has 1 aliphatic rings. The first-order valence-corrected chi connectivity index (χ1v) is 8.33. The van der Waals surface area contributed by atoms with Crippen LogP contribution in [0.3, 0.4) is 0 Å². The summed E-state index contributed by atoms with van der Waals surface area (Å²) in [4.78, 5) is 14.6. The number of halogens is 3. The molecule has 1 aliphatic heterocycles. The van der Waals surface area contributed by atoms with Gasteiger partial charge in [-0.2, -0.15) is 23.4 Å². The Hall–Kier alpha value is -3.10. The van der Waals surface area contributed by atoms with Gasteiger partial charge in [0.05, 0.1) is 29.3 Å². The fourth-order valence-corrected chi connectivity index (χ4v) is 2.83. The van der Waals surface area contributed by atoms with Gasteiger partial charge in [0, 0.05) is 38.1 Å². The number of hydrogen-bond donors (Lipinski definition) is 1. The molecule has 0 saturated carbocycles. The average molecular weight is 377 g/mol. The molecule has 1 N–H and O–H groups in total. The third-order valence-electron chi connectivity index (χ3n) is 4.23. The molecule has 0 unspecified atom stereocenters. The van der Waals surface area contributed by atoms with Crippen molar-refractivity contribution in [2.75, 3.05) is 36.4 Å². The SMILES string of the molecule is O=CC=CN1CCN(c2cnncc2Nc2ccc(C(F)(F)F)cc2)CC1. The predicted octanol–water partition coefficient (Wildman–Crippen LogP) is 3.07. The summed E-state index contributed by atoms with van der Waals surface area (Å²) in [5, 5.41) is 10.9. The molecule has 0 atom stereocenters. The summed E-state index contributed by atoms with van der Waals surface area (Å²) in [6, 6.07) is 4.84. The van der Waals surface area contributed by atoms with Crippen molar-refractivity contribution < 1.29 is 18.0 Å². The Morgan fingerprint density at radius 3 is 2.30 bits per heavy atom. The van der Waals surface area contributed by atoms with Gasteiger partial charge in [0.25, 0.3) is 0 Å². The van der Waals surface area contributed by atoms with E-state index in [9.17, 15) is 18.0 Å². The maximum atomic E-state index is 12.7. The van der Waals surface area contributed by atoms with E-state index in [2.05, 4.69) is 20.4 Å². The molecule has 2 heterocycles. The molecule has 1 aromatic heterocycles. The van der Waals surface area contributed by atoms with Gasteiger partial charge >= 0.3 is 6.18 Å². The van der Waals surface area contributed by atoms with E-state index in [0.29, 0.717) is 11.4 Å². The Kier molecular flexibility index (Phi) is 5.58.